The lowest BCUT2D eigenvalue weighted by Gasteiger charge is -2.19. The molecule has 0 bridgehead atoms. The Bertz CT molecular complexity index is 455. The number of carbonyl (C=O) groups excluding carboxylic acids is 1. The van der Waals surface area contributed by atoms with Crippen LogP contribution in [0.3, 0.4) is 0 Å². The summed E-state index contributed by atoms with van der Waals surface area (Å²) in [6, 6.07) is 0. The van der Waals surface area contributed by atoms with Gasteiger partial charge in [0, 0.05) is 18.2 Å². The molecular weight excluding hydrogens is 302 g/mol. The molecule has 0 atom stereocenters. The van der Waals surface area contributed by atoms with Gasteiger partial charge >= 0.3 is 6.09 Å². The quantitative estimate of drug-likeness (QED) is 0.577. The van der Waals surface area contributed by atoms with Crippen molar-refractivity contribution >= 4 is 17.9 Å². The van der Waals surface area contributed by atoms with Crippen molar-refractivity contribution in [2.45, 2.75) is 76.4 Å². The molecule has 1 aromatic rings. The van der Waals surface area contributed by atoms with Crippen molar-refractivity contribution in [3.05, 3.63) is 5.89 Å². The summed E-state index contributed by atoms with van der Waals surface area (Å²) in [5.41, 5.74) is -0.451. The minimum Gasteiger partial charge on any atom is -0.444 e. The van der Waals surface area contributed by atoms with Crippen LogP contribution in [0.5, 0.6) is 0 Å². The van der Waals surface area contributed by atoms with E-state index in [0.29, 0.717) is 22.9 Å². The Morgan fingerprint density at radius 3 is 2.64 bits per heavy atom. The highest BCUT2D eigenvalue weighted by atomic mass is 32.2. The molecule has 1 rings (SSSR count). The molecule has 0 saturated heterocycles. The highest BCUT2D eigenvalue weighted by molar-refractivity contribution is 7.99. The zero-order valence-electron chi connectivity index (χ0n) is 14.1. The molecule has 22 heavy (non-hydrogen) atoms. The zero-order chi connectivity index (χ0) is 16.6. The standard InChI is InChI=1S/C15H27N3O3S/c1-11(2)22-14-18-17-12(20-14)9-7-6-8-10-16-13(19)21-15(3,4)5/h11H,6-10H2,1-5H3,(H,16,19). The average molecular weight is 329 g/mol. The van der Waals surface area contributed by atoms with Crippen molar-refractivity contribution in [1.29, 1.82) is 0 Å². The van der Waals surface area contributed by atoms with Gasteiger partial charge in [-0.15, -0.1) is 10.2 Å². The lowest BCUT2D eigenvalue weighted by Crippen LogP contribution is -2.32. The SMILES string of the molecule is CC(C)Sc1nnc(CCCCCNC(=O)OC(C)(C)C)o1. The summed E-state index contributed by atoms with van der Waals surface area (Å²) in [6.07, 6.45) is 3.27. The molecule has 0 saturated carbocycles. The number of nitrogens with zero attached hydrogens (tertiary/aromatic N) is 2. The maximum absolute atomic E-state index is 11.4. The molecule has 6 nitrogen and oxygen atoms in total. The normalized spacial score (nSPS) is 11.7. The number of aryl methyl sites for hydroxylation is 1. The van der Waals surface area contributed by atoms with Crippen LogP contribution >= 0.6 is 11.8 Å². The molecule has 0 radical (unpaired) electrons. The Hall–Kier alpha value is -1.24. The van der Waals surface area contributed by atoms with Gasteiger partial charge in [-0.05, 0) is 33.6 Å². The molecule has 0 aliphatic rings. The van der Waals surface area contributed by atoms with Gasteiger partial charge in [0.25, 0.3) is 5.22 Å². The number of aromatic nitrogens is 2. The minimum atomic E-state index is -0.451. The summed E-state index contributed by atoms with van der Waals surface area (Å²) >= 11 is 1.57. The third kappa shape index (κ3) is 8.92. The highest BCUT2D eigenvalue weighted by Gasteiger charge is 2.15. The van der Waals surface area contributed by atoms with Crippen LogP contribution < -0.4 is 5.32 Å². The predicted molar refractivity (Wildman–Crippen MR) is 87.1 cm³/mol. The van der Waals surface area contributed by atoms with Crippen LogP contribution in [0, 0.1) is 0 Å². The summed E-state index contributed by atoms with van der Waals surface area (Å²) in [5, 5.41) is 11.9. The first kappa shape index (κ1) is 18.8. The van der Waals surface area contributed by atoms with E-state index >= 15 is 0 Å². The third-order valence-electron chi connectivity index (χ3n) is 2.52. The number of carbonyl (C=O) groups is 1. The summed E-state index contributed by atoms with van der Waals surface area (Å²) in [6.45, 7) is 10.3. The fraction of sp³-hybridized carbons (Fsp3) is 0.800. The number of hydrogen-bond donors (Lipinski definition) is 1. The molecule has 0 spiro atoms. The van der Waals surface area contributed by atoms with Gasteiger partial charge in [0.05, 0.1) is 0 Å². The molecular formula is C15H27N3O3S. The number of rotatable bonds is 8. The monoisotopic (exact) mass is 329 g/mol. The second-order valence-electron chi connectivity index (χ2n) is 6.37. The number of alkyl carbamates (subject to hydrolysis) is 1. The van der Waals surface area contributed by atoms with E-state index in [0.717, 1.165) is 25.7 Å². The van der Waals surface area contributed by atoms with Gasteiger partial charge in [-0.25, -0.2) is 4.79 Å². The van der Waals surface area contributed by atoms with Gasteiger partial charge in [-0.3, -0.25) is 0 Å². The van der Waals surface area contributed by atoms with Gasteiger partial charge in [0.1, 0.15) is 5.60 Å². The lowest BCUT2D eigenvalue weighted by molar-refractivity contribution is 0.0527. The first-order chi connectivity index (χ1) is 10.3. The van der Waals surface area contributed by atoms with Crippen molar-refractivity contribution in [2.75, 3.05) is 6.54 Å². The average Bonchev–Trinajstić information content (AvgIpc) is 2.78. The summed E-state index contributed by atoms with van der Waals surface area (Å²) in [4.78, 5) is 11.4. The first-order valence-corrected chi connectivity index (χ1v) is 8.60. The Morgan fingerprint density at radius 2 is 2.00 bits per heavy atom. The minimum absolute atomic E-state index is 0.361. The summed E-state index contributed by atoms with van der Waals surface area (Å²) < 4.78 is 10.7. The number of nitrogens with one attached hydrogen (secondary N) is 1. The molecule has 0 fully saturated rings. The van der Waals surface area contributed by atoms with Crippen LogP contribution in [0.1, 0.15) is 59.8 Å². The molecule has 1 aromatic heterocycles. The maximum atomic E-state index is 11.4. The van der Waals surface area contributed by atoms with E-state index in [4.69, 9.17) is 9.15 Å². The fourth-order valence-corrected chi connectivity index (χ4v) is 2.31. The second-order valence-corrected chi connectivity index (χ2v) is 7.90. The van der Waals surface area contributed by atoms with Crippen molar-refractivity contribution in [1.82, 2.24) is 15.5 Å². The number of ether oxygens (including phenoxy) is 1. The molecule has 0 unspecified atom stereocenters. The van der Waals surface area contributed by atoms with Gasteiger partial charge in [-0.2, -0.15) is 0 Å². The second kappa shape index (κ2) is 9.02. The Kier molecular flexibility index (Phi) is 7.72. The maximum Gasteiger partial charge on any atom is 0.407 e. The number of unbranched alkanes of at least 4 members (excludes halogenated alkanes) is 2. The molecule has 1 N–H and O–H groups in total. The first-order valence-electron chi connectivity index (χ1n) is 7.72. The Morgan fingerprint density at radius 1 is 1.27 bits per heavy atom. The number of hydrogen-bond acceptors (Lipinski definition) is 6. The molecule has 0 aromatic carbocycles. The summed E-state index contributed by atoms with van der Waals surface area (Å²) in [5.74, 6) is 0.684. The van der Waals surface area contributed by atoms with Crippen molar-refractivity contribution < 1.29 is 13.9 Å². The third-order valence-corrected chi connectivity index (χ3v) is 3.36. The van der Waals surface area contributed by atoms with Crippen molar-refractivity contribution in [3.8, 4) is 0 Å². The molecule has 126 valence electrons. The predicted octanol–water partition coefficient (Wildman–Crippen LogP) is 3.81. The Balaban J connectivity index is 2.08. The topological polar surface area (TPSA) is 77.2 Å². The van der Waals surface area contributed by atoms with Crippen LogP contribution in [0.15, 0.2) is 9.64 Å². The fourth-order valence-electron chi connectivity index (χ4n) is 1.67. The lowest BCUT2D eigenvalue weighted by atomic mass is 10.2. The van der Waals surface area contributed by atoms with Gasteiger partial charge in [0.15, 0.2) is 0 Å². The van der Waals surface area contributed by atoms with E-state index in [9.17, 15) is 4.79 Å². The van der Waals surface area contributed by atoms with Gasteiger partial charge in [0.2, 0.25) is 5.89 Å². The number of thioether (sulfide) groups is 1. The van der Waals surface area contributed by atoms with Crippen molar-refractivity contribution in [3.63, 3.8) is 0 Å². The van der Waals surface area contributed by atoms with E-state index in [1.807, 2.05) is 20.8 Å². The molecule has 1 heterocycles. The van der Waals surface area contributed by atoms with E-state index in [1.54, 1.807) is 11.8 Å². The van der Waals surface area contributed by atoms with Gasteiger partial charge in [-0.1, -0.05) is 32.0 Å². The van der Waals surface area contributed by atoms with Crippen LogP contribution in [0.25, 0.3) is 0 Å². The van der Waals surface area contributed by atoms with Gasteiger partial charge < -0.3 is 14.5 Å². The molecule has 1 amide bonds. The molecule has 0 aliphatic carbocycles. The molecule has 7 heteroatoms. The van der Waals surface area contributed by atoms with Crippen LogP contribution in [-0.2, 0) is 11.2 Å². The number of amides is 1. The van der Waals surface area contributed by atoms with Crippen LogP contribution in [0.2, 0.25) is 0 Å². The smallest absolute Gasteiger partial charge is 0.407 e. The van der Waals surface area contributed by atoms with E-state index in [2.05, 4.69) is 29.4 Å². The van der Waals surface area contributed by atoms with Crippen molar-refractivity contribution in [2.24, 2.45) is 0 Å². The largest absolute Gasteiger partial charge is 0.444 e. The van der Waals surface area contributed by atoms with E-state index in [1.165, 1.54) is 0 Å². The molecule has 0 aliphatic heterocycles. The summed E-state index contributed by atoms with van der Waals surface area (Å²) in [7, 11) is 0. The highest BCUT2D eigenvalue weighted by Crippen LogP contribution is 2.21. The van der Waals surface area contributed by atoms with E-state index < -0.39 is 5.60 Å². The Labute approximate surface area is 136 Å². The van der Waals surface area contributed by atoms with Crippen LogP contribution in [-0.4, -0.2) is 33.7 Å². The van der Waals surface area contributed by atoms with E-state index in [-0.39, 0.29) is 6.09 Å². The zero-order valence-corrected chi connectivity index (χ0v) is 15.0. The van der Waals surface area contributed by atoms with Crippen LogP contribution in [0.4, 0.5) is 4.79 Å².